The maximum absolute atomic E-state index is 13.9. The Balaban J connectivity index is 1.67. The quantitative estimate of drug-likeness (QED) is 0.699. The van der Waals surface area contributed by atoms with Crippen LogP contribution >= 0.6 is 11.3 Å². The van der Waals surface area contributed by atoms with Crippen LogP contribution in [-0.2, 0) is 22.4 Å². The third-order valence-electron chi connectivity index (χ3n) is 4.74. The number of methoxy groups -OCH3 is 1. The minimum atomic E-state index is -0.977. The Morgan fingerprint density at radius 2 is 2.10 bits per heavy atom. The zero-order chi connectivity index (χ0) is 21.1. The number of rotatable bonds is 6. The maximum Gasteiger partial charge on any atom is 0.341 e. The summed E-state index contributed by atoms with van der Waals surface area (Å²) in [6, 6.07) is 3.68. The molecule has 9 heteroatoms. The van der Waals surface area contributed by atoms with Crippen molar-refractivity contribution in [3.63, 3.8) is 0 Å². The molecule has 0 aliphatic heterocycles. The molecule has 0 fully saturated rings. The Hall–Kier alpha value is -2.94. The standard InChI is InChI=1S/C20H21FN2O5S/c1-10-3-5-13-15(7-10)29-19(17(13)18(22)25)23-16(24)9-28-20(26)12-6-4-11(27-2)8-14(12)21/h4,6,8,10H,3,5,7,9H2,1-2H3,(H2,22,25)(H,23,24)/t10-/m0/s1. The van der Waals surface area contributed by atoms with Gasteiger partial charge in [0, 0.05) is 10.9 Å². The minimum absolute atomic E-state index is 0.256. The first-order valence-corrected chi connectivity index (χ1v) is 9.86. The van der Waals surface area contributed by atoms with Gasteiger partial charge in [-0.2, -0.15) is 0 Å². The average Bonchev–Trinajstić information content (AvgIpc) is 3.02. The molecule has 1 aliphatic rings. The molecule has 2 aromatic rings. The monoisotopic (exact) mass is 420 g/mol. The topological polar surface area (TPSA) is 108 Å². The van der Waals surface area contributed by atoms with Crippen molar-refractivity contribution in [1.29, 1.82) is 0 Å². The van der Waals surface area contributed by atoms with E-state index in [1.165, 1.54) is 30.6 Å². The van der Waals surface area contributed by atoms with E-state index in [0.29, 0.717) is 16.5 Å². The van der Waals surface area contributed by atoms with Crippen molar-refractivity contribution in [2.24, 2.45) is 11.7 Å². The van der Waals surface area contributed by atoms with Crippen LogP contribution in [0.1, 0.15) is 44.5 Å². The SMILES string of the molecule is COc1ccc(C(=O)OCC(=O)Nc2sc3c(c2C(N)=O)CC[C@H](C)C3)c(F)c1. The van der Waals surface area contributed by atoms with Crippen molar-refractivity contribution >= 4 is 34.1 Å². The van der Waals surface area contributed by atoms with Gasteiger partial charge in [0.05, 0.1) is 18.2 Å². The van der Waals surface area contributed by atoms with E-state index in [9.17, 15) is 18.8 Å². The molecule has 0 saturated heterocycles. The fraction of sp³-hybridized carbons (Fsp3) is 0.350. The molecule has 7 nitrogen and oxygen atoms in total. The van der Waals surface area contributed by atoms with Gasteiger partial charge < -0.3 is 20.5 Å². The average molecular weight is 420 g/mol. The van der Waals surface area contributed by atoms with Gasteiger partial charge in [-0.3, -0.25) is 9.59 Å². The number of ether oxygens (including phenoxy) is 2. The number of carbonyl (C=O) groups is 3. The number of carbonyl (C=O) groups excluding carboxylic acids is 3. The molecule has 0 unspecified atom stereocenters. The van der Waals surface area contributed by atoms with E-state index >= 15 is 0 Å². The van der Waals surface area contributed by atoms with Crippen LogP contribution in [-0.4, -0.2) is 31.5 Å². The first-order valence-electron chi connectivity index (χ1n) is 9.05. The van der Waals surface area contributed by atoms with Gasteiger partial charge in [-0.25, -0.2) is 9.18 Å². The molecule has 0 saturated carbocycles. The summed E-state index contributed by atoms with van der Waals surface area (Å²) in [7, 11) is 1.38. The van der Waals surface area contributed by atoms with Gasteiger partial charge in [0.2, 0.25) is 0 Å². The summed E-state index contributed by atoms with van der Waals surface area (Å²) in [4.78, 5) is 37.2. The van der Waals surface area contributed by atoms with Crippen molar-refractivity contribution < 1.29 is 28.2 Å². The largest absolute Gasteiger partial charge is 0.497 e. The van der Waals surface area contributed by atoms with Gasteiger partial charge in [0.1, 0.15) is 16.6 Å². The van der Waals surface area contributed by atoms with Gasteiger partial charge in [-0.05, 0) is 42.9 Å². The molecule has 0 spiro atoms. The number of esters is 1. The second kappa shape index (κ2) is 8.60. The Morgan fingerprint density at radius 1 is 1.34 bits per heavy atom. The lowest BCUT2D eigenvalue weighted by atomic mass is 9.88. The van der Waals surface area contributed by atoms with Gasteiger partial charge >= 0.3 is 5.97 Å². The Kier molecular flexibility index (Phi) is 6.17. The van der Waals surface area contributed by atoms with Gasteiger partial charge in [0.25, 0.3) is 11.8 Å². The normalized spacial score (nSPS) is 15.3. The van der Waals surface area contributed by atoms with Gasteiger partial charge in [0.15, 0.2) is 6.61 Å². The Labute approximate surface area is 171 Å². The predicted molar refractivity (Wildman–Crippen MR) is 106 cm³/mol. The lowest BCUT2D eigenvalue weighted by molar-refractivity contribution is -0.119. The van der Waals surface area contributed by atoms with E-state index in [4.69, 9.17) is 15.2 Å². The minimum Gasteiger partial charge on any atom is -0.497 e. The van der Waals surface area contributed by atoms with Crippen molar-refractivity contribution in [3.8, 4) is 5.75 Å². The fourth-order valence-corrected chi connectivity index (χ4v) is 4.69. The summed E-state index contributed by atoms with van der Waals surface area (Å²) in [6.45, 7) is 1.50. The van der Waals surface area contributed by atoms with Gasteiger partial charge in [-0.15, -0.1) is 11.3 Å². The van der Waals surface area contributed by atoms with Crippen molar-refractivity contribution in [3.05, 3.63) is 45.6 Å². The zero-order valence-electron chi connectivity index (χ0n) is 16.0. The summed E-state index contributed by atoms with van der Waals surface area (Å²) in [5.41, 5.74) is 6.40. The van der Waals surface area contributed by atoms with E-state index in [0.717, 1.165) is 35.8 Å². The Morgan fingerprint density at radius 3 is 2.76 bits per heavy atom. The van der Waals surface area contributed by atoms with Gasteiger partial charge in [-0.1, -0.05) is 6.92 Å². The van der Waals surface area contributed by atoms with Crippen LogP contribution < -0.4 is 15.8 Å². The first-order chi connectivity index (χ1) is 13.8. The molecule has 154 valence electrons. The molecule has 0 radical (unpaired) electrons. The van der Waals surface area contributed by atoms with Crippen LogP contribution in [0.15, 0.2) is 18.2 Å². The molecule has 1 atom stereocenters. The third kappa shape index (κ3) is 4.56. The molecule has 3 rings (SSSR count). The molecule has 29 heavy (non-hydrogen) atoms. The van der Waals surface area contributed by atoms with Crippen LogP contribution in [0.2, 0.25) is 0 Å². The molecule has 1 aromatic carbocycles. The predicted octanol–water partition coefficient (Wildman–Crippen LogP) is 2.92. The number of amides is 2. The highest BCUT2D eigenvalue weighted by Crippen LogP contribution is 2.39. The summed E-state index contributed by atoms with van der Waals surface area (Å²) >= 11 is 1.31. The number of hydrogen-bond donors (Lipinski definition) is 2. The van der Waals surface area contributed by atoms with E-state index in [2.05, 4.69) is 12.2 Å². The van der Waals surface area contributed by atoms with E-state index in [1.54, 1.807) is 0 Å². The molecular weight excluding hydrogens is 399 g/mol. The number of fused-ring (bicyclic) bond motifs is 1. The fourth-order valence-electron chi connectivity index (χ4n) is 3.26. The van der Waals surface area contributed by atoms with Crippen LogP contribution in [0.5, 0.6) is 5.75 Å². The van der Waals surface area contributed by atoms with Crippen LogP contribution in [0.3, 0.4) is 0 Å². The van der Waals surface area contributed by atoms with E-state index < -0.39 is 30.2 Å². The summed E-state index contributed by atoms with van der Waals surface area (Å²) in [6.07, 6.45) is 2.50. The number of hydrogen-bond acceptors (Lipinski definition) is 6. The smallest absolute Gasteiger partial charge is 0.341 e. The second-order valence-corrected chi connectivity index (χ2v) is 8.00. The lowest BCUT2D eigenvalue weighted by Gasteiger charge is -2.18. The summed E-state index contributed by atoms with van der Waals surface area (Å²) in [5, 5.41) is 2.95. The number of nitrogens with one attached hydrogen (secondary N) is 1. The molecule has 1 aromatic heterocycles. The Bertz CT molecular complexity index is 972. The van der Waals surface area contributed by atoms with Crippen LogP contribution in [0.4, 0.5) is 9.39 Å². The van der Waals surface area contributed by atoms with Crippen molar-refractivity contribution in [1.82, 2.24) is 0 Å². The molecule has 1 aliphatic carbocycles. The number of primary amides is 1. The number of benzene rings is 1. The highest BCUT2D eigenvalue weighted by atomic mass is 32.1. The molecular formula is C20H21FN2O5S. The van der Waals surface area contributed by atoms with Crippen molar-refractivity contribution in [2.45, 2.75) is 26.2 Å². The lowest BCUT2D eigenvalue weighted by Crippen LogP contribution is -2.23. The number of halogens is 1. The summed E-state index contributed by atoms with van der Waals surface area (Å²) in [5.74, 6) is -2.29. The number of anilines is 1. The molecule has 2 amide bonds. The third-order valence-corrected chi connectivity index (χ3v) is 5.91. The zero-order valence-corrected chi connectivity index (χ0v) is 16.9. The number of nitrogens with two attached hydrogens (primary N) is 1. The first kappa shape index (κ1) is 20.8. The molecule has 0 bridgehead atoms. The highest BCUT2D eigenvalue weighted by molar-refractivity contribution is 7.17. The van der Waals surface area contributed by atoms with E-state index in [-0.39, 0.29) is 11.3 Å². The van der Waals surface area contributed by atoms with Crippen LogP contribution in [0, 0.1) is 11.7 Å². The highest BCUT2D eigenvalue weighted by Gasteiger charge is 2.27. The maximum atomic E-state index is 13.9. The van der Waals surface area contributed by atoms with Crippen molar-refractivity contribution in [2.75, 3.05) is 19.0 Å². The number of thiophene rings is 1. The van der Waals surface area contributed by atoms with Crippen LogP contribution in [0.25, 0.3) is 0 Å². The molecule has 3 N–H and O–H groups in total. The summed E-state index contributed by atoms with van der Waals surface area (Å²) < 4.78 is 23.7. The van der Waals surface area contributed by atoms with E-state index in [1.807, 2.05) is 0 Å². The second-order valence-electron chi connectivity index (χ2n) is 6.89. The molecule has 1 heterocycles.